The highest BCUT2D eigenvalue weighted by Gasteiger charge is 2.40. The lowest BCUT2D eigenvalue weighted by Crippen LogP contribution is -2.53. The first kappa shape index (κ1) is 22.6. The van der Waals surface area contributed by atoms with Crippen LogP contribution < -0.4 is 4.90 Å². The lowest BCUT2D eigenvalue weighted by molar-refractivity contribution is -0.141. The lowest BCUT2D eigenvalue weighted by Gasteiger charge is -2.43. The molecule has 0 N–H and O–H groups in total. The van der Waals surface area contributed by atoms with Crippen molar-refractivity contribution < 1.29 is 31.0 Å². The predicted octanol–water partition coefficient (Wildman–Crippen LogP) is 3.35. The number of carbonyl (C=O) groups excluding carboxylic acids is 1. The van der Waals surface area contributed by atoms with Crippen molar-refractivity contribution in [2.45, 2.75) is 25.1 Å². The lowest BCUT2D eigenvalue weighted by atomic mass is 9.96. The van der Waals surface area contributed by atoms with E-state index in [1.54, 1.807) is 17.0 Å². The van der Waals surface area contributed by atoms with E-state index < -0.39 is 33.3 Å². The molecule has 1 unspecified atom stereocenters. The second-order valence-electron chi connectivity index (χ2n) is 8.18. The number of oxazole rings is 1. The average molecular weight is 473 g/mol. The van der Waals surface area contributed by atoms with Crippen LogP contribution in [-0.4, -0.2) is 57.0 Å². The summed E-state index contributed by atoms with van der Waals surface area (Å²) in [4.78, 5) is 19.9. The Morgan fingerprint density at radius 1 is 1.19 bits per heavy atom. The van der Waals surface area contributed by atoms with Crippen LogP contribution >= 0.6 is 0 Å². The monoisotopic (exact) mass is 473 g/mol. The summed E-state index contributed by atoms with van der Waals surface area (Å²) in [7, 11) is -2.16. The molecule has 0 spiro atoms. The highest BCUT2D eigenvalue weighted by molar-refractivity contribution is 8.00. The van der Waals surface area contributed by atoms with Crippen molar-refractivity contribution in [3.63, 3.8) is 0 Å². The number of amides is 1. The third-order valence-corrected chi connectivity index (χ3v) is 7.97. The quantitative estimate of drug-likeness (QED) is 0.505. The van der Waals surface area contributed by atoms with E-state index >= 15 is 0 Å². The Morgan fingerprint density at radius 2 is 1.88 bits per heavy atom. The smallest absolute Gasteiger partial charge is 0.431 e. The number of carbonyl (C=O) groups is 1. The second-order valence-corrected chi connectivity index (χ2v) is 10.9. The van der Waals surface area contributed by atoms with Crippen molar-refractivity contribution in [2.24, 2.45) is 5.92 Å². The SMILES string of the molecule is C=S1(=O)CCC(C(=O)N2CCN(c3nc(C(F)(F)F)co3)CC2c2ccccc2F)CC1. The number of halogens is 4. The Morgan fingerprint density at radius 3 is 2.50 bits per heavy atom. The van der Waals surface area contributed by atoms with Gasteiger partial charge in [0.05, 0.1) is 6.04 Å². The van der Waals surface area contributed by atoms with Gasteiger partial charge in [-0.3, -0.25) is 9.00 Å². The molecule has 0 radical (unpaired) electrons. The topological polar surface area (TPSA) is 66.7 Å². The Balaban J connectivity index is 1.60. The standard InChI is InChI=1S/C21H23F4N3O3S/c1-32(30)10-6-14(7-11-32)19(29)28-9-8-27(20-26-18(13-31-20)21(23,24)25)12-17(28)15-4-2-3-5-16(15)22/h2-5,13-14,17H,1,6-12H2. The highest BCUT2D eigenvalue weighted by atomic mass is 32.2. The second kappa shape index (κ2) is 8.42. The number of hydrogen-bond acceptors (Lipinski definition) is 5. The van der Waals surface area contributed by atoms with Crippen molar-refractivity contribution in [2.75, 3.05) is 36.0 Å². The first-order valence-corrected chi connectivity index (χ1v) is 12.3. The van der Waals surface area contributed by atoms with Gasteiger partial charge in [0, 0.05) is 42.6 Å². The van der Waals surface area contributed by atoms with Crippen molar-refractivity contribution in [1.82, 2.24) is 9.88 Å². The van der Waals surface area contributed by atoms with Crippen molar-refractivity contribution in [3.05, 3.63) is 47.6 Å². The highest BCUT2D eigenvalue weighted by Crippen LogP contribution is 2.35. The molecule has 1 aromatic carbocycles. The van der Waals surface area contributed by atoms with E-state index in [1.165, 1.54) is 17.0 Å². The van der Waals surface area contributed by atoms with Crippen LogP contribution in [0, 0.1) is 11.7 Å². The third kappa shape index (κ3) is 4.62. The Bertz CT molecular complexity index is 1090. The molecule has 2 saturated heterocycles. The van der Waals surface area contributed by atoms with Crippen LogP contribution in [0.4, 0.5) is 23.6 Å². The third-order valence-electron chi connectivity index (χ3n) is 6.01. The fourth-order valence-electron chi connectivity index (χ4n) is 4.21. The largest absolute Gasteiger partial charge is 0.436 e. The van der Waals surface area contributed by atoms with E-state index in [0.717, 1.165) is 0 Å². The molecule has 2 fully saturated rings. The van der Waals surface area contributed by atoms with Crippen LogP contribution in [0.2, 0.25) is 0 Å². The number of piperazine rings is 1. The molecule has 2 aliphatic heterocycles. The molecule has 32 heavy (non-hydrogen) atoms. The van der Waals surface area contributed by atoms with Crippen molar-refractivity contribution in [3.8, 4) is 0 Å². The van der Waals surface area contributed by atoms with Crippen molar-refractivity contribution in [1.29, 1.82) is 0 Å². The minimum Gasteiger partial charge on any atom is -0.431 e. The molecule has 3 heterocycles. The maximum absolute atomic E-state index is 14.7. The van der Waals surface area contributed by atoms with Crippen LogP contribution in [0.15, 0.2) is 34.9 Å². The van der Waals surface area contributed by atoms with Crippen LogP contribution in [0.1, 0.15) is 30.1 Å². The fraction of sp³-hybridized carbons (Fsp3) is 0.476. The summed E-state index contributed by atoms with van der Waals surface area (Å²) in [6.07, 6.45) is -3.21. The van der Waals surface area contributed by atoms with Crippen LogP contribution in [0.5, 0.6) is 0 Å². The van der Waals surface area contributed by atoms with Gasteiger partial charge in [-0.1, -0.05) is 18.2 Å². The van der Waals surface area contributed by atoms with Crippen LogP contribution in [-0.2, 0) is 20.5 Å². The molecule has 0 saturated carbocycles. The maximum Gasteiger partial charge on any atom is 0.436 e. The van der Waals surface area contributed by atoms with Gasteiger partial charge in [-0.15, -0.1) is 0 Å². The van der Waals surface area contributed by atoms with E-state index in [4.69, 9.17) is 4.42 Å². The van der Waals surface area contributed by atoms with E-state index in [9.17, 15) is 26.6 Å². The molecule has 174 valence electrons. The molecule has 11 heteroatoms. The van der Waals surface area contributed by atoms with Gasteiger partial charge in [0.15, 0.2) is 5.69 Å². The number of hydrogen-bond donors (Lipinski definition) is 0. The molecule has 1 aromatic heterocycles. The van der Waals surface area contributed by atoms with Gasteiger partial charge in [-0.05, 0) is 34.3 Å². The number of rotatable bonds is 3. The average Bonchev–Trinajstić information content (AvgIpc) is 3.24. The van der Waals surface area contributed by atoms with Gasteiger partial charge < -0.3 is 14.2 Å². The maximum atomic E-state index is 14.7. The molecule has 0 aliphatic carbocycles. The molecule has 4 rings (SSSR count). The molecular weight excluding hydrogens is 450 g/mol. The van der Waals surface area contributed by atoms with Gasteiger partial charge in [-0.2, -0.15) is 18.2 Å². The molecule has 1 atom stereocenters. The number of aromatic nitrogens is 1. The summed E-state index contributed by atoms with van der Waals surface area (Å²) in [6, 6.07) is 5.06. The van der Waals surface area contributed by atoms with Gasteiger partial charge in [0.1, 0.15) is 12.1 Å². The van der Waals surface area contributed by atoms with Crippen LogP contribution in [0.25, 0.3) is 0 Å². The zero-order chi connectivity index (χ0) is 23.1. The van der Waals surface area contributed by atoms with Crippen LogP contribution in [0.3, 0.4) is 0 Å². The van der Waals surface area contributed by atoms with Gasteiger partial charge >= 0.3 is 6.18 Å². The fourth-order valence-corrected chi connectivity index (χ4v) is 5.85. The van der Waals surface area contributed by atoms with E-state index in [-0.39, 0.29) is 43.0 Å². The van der Waals surface area contributed by atoms with Crippen molar-refractivity contribution >= 4 is 27.3 Å². The van der Waals surface area contributed by atoms with E-state index in [0.29, 0.717) is 30.6 Å². The summed E-state index contributed by atoms with van der Waals surface area (Å²) in [5, 5.41) is 0. The summed E-state index contributed by atoms with van der Waals surface area (Å²) in [6.45, 7) is 0.383. The molecular formula is C21H23F4N3O3S. The minimum absolute atomic E-state index is 0.0310. The summed E-state index contributed by atoms with van der Waals surface area (Å²) >= 11 is 0. The summed E-state index contributed by atoms with van der Waals surface area (Å²) in [5.41, 5.74) is -0.877. The Kier molecular flexibility index (Phi) is 5.95. The van der Waals surface area contributed by atoms with Gasteiger partial charge in [0.2, 0.25) is 5.91 Å². The van der Waals surface area contributed by atoms with E-state index in [1.807, 2.05) is 0 Å². The minimum atomic E-state index is -4.64. The zero-order valence-corrected chi connectivity index (χ0v) is 18.0. The predicted molar refractivity (Wildman–Crippen MR) is 112 cm³/mol. The molecule has 2 aliphatic rings. The number of alkyl halides is 3. The molecule has 2 aromatic rings. The first-order valence-electron chi connectivity index (χ1n) is 10.2. The molecule has 6 nitrogen and oxygen atoms in total. The molecule has 0 bridgehead atoms. The first-order chi connectivity index (χ1) is 15.0. The number of benzene rings is 1. The van der Waals surface area contributed by atoms with Gasteiger partial charge in [-0.25, -0.2) is 4.39 Å². The zero-order valence-electron chi connectivity index (χ0n) is 17.2. The Hall–Kier alpha value is -2.56. The van der Waals surface area contributed by atoms with Gasteiger partial charge in [0.25, 0.3) is 6.01 Å². The number of anilines is 1. The van der Waals surface area contributed by atoms with E-state index in [2.05, 4.69) is 10.9 Å². The normalized spacial score (nSPS) is 26.9. The molecule has 1 amide bonds. The Labute approximate surface area is 183 Å². The summed E-state index contributed by atoms with van der Waals surface area (Å²) in [5.74, 6) is 3.43. The summed E-state index contributed by atoms with van der Waals surface area (Å²) < 4.78 is 70.6. The number of nitrogens with zero attached hydrogens (tertiary/aromatic N) is 3.